The van der Waals surface area contributed by atoms with Crippen LogP contribution in [0, 0.1) is 0 Å². The quantitative estimate of drug-likeness (QED) is 0.176. The van der Waals surface area contributed by atoms with E-state index in [1.54, 1.807) is 5.43 Å². The SMILES string of the molecule is NNC(=O)[S-]. The van der Waals surface area contributed by atoms with Crippen LogP contribution in [0.5, 0.6) is 0 Å². The summed E-state index contributed by atoms with van der Waals surface area (Å²) < 4.78 is 0. The van der Waals surface area contributed by atoms with E-state index < -0.39 is 5.24 Å². The molecule has 3 nitrogen and oxygen atoms in total. The number of carbonyl (C=O) groups is 1. The summed E-state index contributed by atoms with van der Waals surface area (Å²) in [7, 11) is 0. The smallest absolute Gasteiger partial charge is 0.112 e. The van der Waals surface area contributed by atoms with E-state index in [1.165, 1.54) is 0 Å². The molecule has 0 bridgehead atoms. The molecule has 0 spiro atoms. The van der Waals surface area contributed by atoms with Gasteiger partial charge in [0.25, 0.3) is 0 Å². The Morgan fingerprint density at radius 2 is 2.20 bits per heavy atom. The Labute approximate surface area is 34.9 Å². The molecule has 0 radical (unpaired) electrons. The molecule has 0 atom stereocenters. The first-order chi connectivity index (χ1) is 2.27. The van der Waals surface area contributed by atoms with Crippen molar-refractivity contribution in [2.24, 2.45) is 5.84 Å². The molecule has 4 heteroatoms. The van der Waals surface area contributed by atoms with E-state index in [0.29, 0.717) is 0 Å². The van der Waals surface area contributed by atoms with Crippen LogP contribution in [0.4, 0.5) is 4.79 Å². The minimum absolute atomic E-state index is 0.634. The van der Waals surface area contributed by atoms with Gasteiger partial charge in [-0.05, 0) is 0 Å². The molecule has 0 aromatic carbocycles. The van der Waals surface area contributed by atoms with Crippen molar-refractivity contribution in [1.29, 1.82) is 0 Å². The van der Waals surface area contributed by atoms with Crippen LogP contribution in [0.15, 0.2) is 0 Å². The summed E-state index contributed by atoms with van der Waals surface area (Å²) in [6, 6.07) is 0. The number of rotatable bonds is 0. The summed E-state index contributed by atoms with van der Waals surface area (Å²) in [5.74, 6) is 4.47. The maximum absolute atomic E-state index is 9.39. The van der Waals surface area contributed by atoms with Crippen LogP contribution < -0.4 is 11.3 Å². The Hall–Kier alpha value is -0.350. The third-order valence-electron chi connectivity index (χ3n) is 0.118. The van der Waals surface area contributed by atoms with Gasteiger partial charge in [-0.2, -0.15) is 0 Å². The largest absolute Gasteiger partial charge is 0.718 e. The van der Waals surface area contributed by atoms with Crippen molar-refractivity contribution in [1.82, 2.24) is 5.43 Å². The Kier molecular flexibility index (Phi) is 1.79. The van der Waals surface area contributed by atoms with Gasteiger partial charge in [-0.15, -0.1) is 0 Å². The molecule has 1 amide bonds. The molecule has 0 fully saturated rings. The zero-order valence-corrected chi connectivity index (χ0v) is 3.21. The minimum Gasteiger partial charge on any atom is -0.718 e. The van der Waals surface area contributed by atoms with Crippen molar-refractivity contribution in [2.75, 3.05) is 0 Å². The van der Waals surface area contributed by atoms with Gasteiger partial charge in [-0.25, -0.2) is 5.84 Å². The van der Waals surface area contributed by atoms with E-state index in [2.05, 4.69) is 18.5 Å². The molecule has 0 rings (SSSR count). The molecule has 0 saturated carbocycles. The van der Waals surface area contributed by atoms with E-state index in [4.69, 9.17) is 0 Å². The Morgan fingerprint density at radius 3 is 2.20 bits per heavy atom. The molecule has 0 aromatic heterocycles. The van der Waals surface area contributed by atoms with E-state index in [-0.39, 0.29) is 0 Å². The van der Waals surface area contributed by atoms with Crippen LogP contribution in [0.3, 0.4) is 0 Å². The van der Waals surface area contributed by atoms with Crippen molar-refractivity contribution in [3.05, 3.63) is 0 Å². The maximum Gasteiger partial charge on any atom is 0.112 e. The molecule has 0 heterocycles. The maximum atomic E-state index is 9.39. The molecule has 0 aromatic rings. The number of amides is 1. The first-order valence-electron chi connectivity index (χ1n) is 0.947. The predicted octanol–water partition coefficient (Wildman–Crippen LogP) is -0.883. The highest BCUT2D eigenvalue weighted by molar-refractivity contribution is 7.76. The van der Waals surface area contributed by atoms with Crippen LogP contribution in [-0.4, -0.2) is 5.24 Å². The number of carbonyl (C=O) groups excluding carboxylic acids is 1. The van der Waals surface area contributed by atoms with Gasteiger partial charge in [0.05, 0.1) is 0 Å². The average Bonchev–Trinajstić information content (AvgIpc) is 1.38. The van der Waals surface area contributed by atoms with Gasteiger partial charge < -0.3 is 22.8 Å². The summed E-state index contributed by atoms with van der Waals surface area (Å²) in [6.45, 7) is 0. The highest BCUT2D eigenvalue weighted by Crippen LogP contribution is 1.47. The molecule has 0 aliphatic carbocycles. The number of nitrogens with two attached hydrogens (primary N) is 1. The highest BCUT2D eigenvalue weighted by atomic mass is 32.1. The standard InChI is InChI=1S/CH4N2OS/c2-3-1(4)5/h2H2,(H2,3,4,5)/p-1. The summed E-state index contributed by atoms with van der Waals surface area (Å²) >= 11 is 3.91. The molecular weight excluding hydrogens is 88.1 g/mol. The molecule has 0 saturated heterocycles. The lowest BCUT2D eigenvalue weighted by molar-refractivity contribution is 0.261. The fourth-order valence-corrected chi connectivity index (χ4v) is 0. The first-order valence-corrected chi connectivity index (χ1v) is 1.36. The van der Waals surface area contributed by atoms with Gasteiger partial charge in [0.1, 0.15) is 5.24 Å². The Morgan fingerprint density at radius 1 is 2.00 bits per heavy atom. The van der Waals surface area contributed by atoms with Gasteiger partial charge in [0.2, 0.25) is 0 Å². The van der Waals surface area contributed by atoms with Gasteiger partial charge in [-0.1, -0.05) is 0 Å². The Balaban J connectivity index is 2.85. The minimum atomic E-state index is -0.634. The first kappa shape index (κ1) is 4.65. The van der Waals surface area contributed by atoms with Crippen molar-refractivity contribution in [3.63, 3.8) is 0 Å². The van der Waals surface area contributed by atoms with Crippen molar-refractivity contribution < 1.29 is 4.79 Å². The molecule has 0 aliphatic rings. The number of hydrogen-bond donors (Lipinski definition) is 2. The van der Waals surface area contributed by atoms with Gasteiger partial charge in [0.15, 0.2) is 0 Å². The lowest BCUT2D eigenvalue weighted by atomic mass is 11.4. The number of hydrogen-bond acceptors (Lipinski definition) is 3. The second kappa shape index (κ2) is 1.92. The summed E-state index contributed by atoms with van der Waals surface area (Å²) in [4.78, 5) is 9.39. The monoisotopic (exact) mass is 91.0 g/mol. The molecule has 30 valence electrons. The van der Waals surface area contributed by atoms with Crippen LogP contribution in [0.1, 0.15) is 0 Å². The number of nitrogens with one attached hydrogen (secondary N) is 1. The van der Waals surface area contributed by atoms with Crippen LogP contribution in [0.25, 0.3) is 0 Å². The summed E-state index contributed by atoms with van der Waals surface area (Å²) in [6.07, 6.45) is 0. The third-order valence-corrected chi connectivity index (χ3v) is 0.236. The topological polar surface area (TPSA) is 55.1 Å². The zero-order chi connectivity index (χ0) is 4.28. The fraction of sp³-hybridized carbons (Fsp3) is 0. The van der Waals surface area contributed by atoms with Gasteiger partial charge >= 0.3 is 0 Å². The van der Waals surface area contributed by atoms with Crippen molar-refractivity contribution in [2.45, 2.75) is 0 Å². The second-order valence-electron chi connectivity index (χ2n) is 0.432. The van der Waals surface area contributed by atoms with Crippen LogP contribution in [0.2, 0.25) is 0 Å². The predicted molar refractivity (Wildman–Crippen MR) is 20.1 cm³/mol. The van der Waals surface area contributed by atoms with E-state index in [1.807, 2.05) is 0 Å². The lowest BCUT2D eigenvalue weighted by Crippen LogP contribution is -2.26. The van der Waals surface area contributed by atoms with Crippen molar-refractivity contribution in [3.8, 4) is 0 Å². The highest BCUT2D eigenvalue weighted by Gasteiger charge is 1.57. The summed E-state index contributed by atoms with van der Waals surface area (Å²) in [5.41, 5.74) is 1.70. The molecular formula is CH3N2OS-. The molecule has 5 heavy (non-hydrogen) atoms. The average molecular weight is 91.1 g/mol. The van der Waals surface area contributed by atoms with Crippen LogP contribution >= 0.6 is 0 Å². The lowest BCUT2D eigenvalue weighted by Gasteiger charge is -1.95. The second-order valence-corrected chi connectivity index (χ2v) is 0.803. The van der Waals surface area contributed by atoms with Gasteiger partial charge in [-0.3, -0.25) is 0 Å². The summed E-state index contributed by atoms with van der Waals surface area (Å²) in [5, 5.41) is -0.634. The van der Waals surface area contributed by atoms with Gasteiger partial charge in [0, 0.05) is 0 Å². The van der Waals surface area contributed by atoms with Crippen molar-refractivity contribution >= 4 is 17.9 Å². The normalized spacial score (nSPS) is 6.60. The third kappa shape index (κ3) is 3.65. The van der Waals surface area contributed by atoms with E-state index in [9.17, 15) is 4.79 Å². The number of hydrazine groups is 1. The Bertz CT molecular complexity index is 44.9. The molecule has 0 aliphatic heterocycles. The zero-order valence-electron chi connectivity index (χ0n) is 2.39. The van der Waals surface area contributed by atoms with E-state index in [0.717, 1.165) is 0 Å². The fourth-order valence-electron chi connectivity index (χ4n) is 0. The van der Waals surface area contributed by atoms with Crippen LogP contribution in [-0.2, 0) is 12.6 Å². The molecule has 3 N–H and O–H groups in total. The molecule has 0 unspecified atom stereocenters. The van der Waals surface area contributed by atoms with E-state index >= 15 is 0 Å².